The van der Waals surface area contributed by atoms with Gasteiger partial charge < -0.3 is 19.8 Å². The van der Waals surface area contributed by atoms with E-state index in [9.17, 15) is 0 Å². The number of methoxy groups -OCH3 is 2. The summed E-state index contributed by atoms with van der Waals surface area (Å²) in [6.45, 7) is 0. The molecule has 120 valence electrons. The SMILES string of the molecule is COc1cc2ncnc(Nc3cccc4[nH]cnc34)c2cc1OC. The lowest BCUT2D eigenvalue weighted by molar-refractivity contribution is 0.356. The maximum atomic E-state index is 5.38. The van der Waals surface area contributed by atoms with Crippen LogP contribution in [-0.2, 0) is 0 Å². The molecular weight excluding hydrogens is 306 g/mol. The number of fused-ring (bicyclic) bond motifs is 2. The average Bonchev–Trinajstić information content (AvgIpc) is 3.10. The van der Waals surface area contributed by atoms with Gasteiger partial charge in [0.05, 0.1) is 37.3 Å². The fourth-order valence-electron chi connectivity index (χ4n) is 2.68. The van der Waals surface area contributed by atoms with Crippen molar-refractivity contribution >= 4 is 33.4 Å². The van der Waals surface area contributed by atoms with E-state index < -0.39 is 0 Å². The van der Waals surface area contributed by atoms with E-state index in [2.05, 4.69) is 25.3 Å². The van der Waals surface area contributed by atoms with E-state index in [1.807, 2.05) is 30.3 Å². The van der Waals surface area contributed by atoms with E-state index in [1.54, 1.807) is 20.5 Å². The molecule has 0 saturated carbocycles. The third-order valence-electron chi connectivity index (χ3n) is 3.84. The molecule has 7 nitrogen and oxygen atoms in total. The molecule has 0 aliphatic rings. The van der Waals surface area contributed by atoms with Crippen molar-refractivity contribution in [2.24, 2.45) is 0 Å². The summed E-state index contributed by atoms with van der Waals surface area (Å²) in [5.41, 5.74) is 3.44. The maximum absolute atomic E-state index is 5.38. The summed E-state index contributed by atoms with van der Waals surface area (Å²) >= 11 is 0. The van der Waals surface area contributed by atoms with Gasteiger partial charge in [-0.3, -0.25) is 0 Å². The molecule has 2 aromatic carbocycles. The zero-order valence-corrected chi connectivity index (χ0v) is 13.2. The molecule has 2 heterocycles. The van der Waals surface area contributed by atoms with Crippen LogP contribution >= 0.6 is 0 Å². The van der Waals surface area contributed by atoms with Crippen molar-refractivity contribution in [2.75, 3.05) is 19.5 Å². The van der Waals surface area contributed by atoms with E-state index >= 15 is 0 Å². The van der Waals surface area contributed by atoms with Gasteiger partial charge in [-0.25, -0.2) is 15.0 Å². The summed E-state index contributed by atoms with van der Waals surface area (Å²) in [7, 11) is 3.20. The number of benzene rings is 2. The van der Waals surface area contributed by atoms with Gasteiger partial charge in [0.1, 0.15) is 17.7 Å². The van der Waals surface area contributed by atoms with E-state index in [1.165, 1.54) is 6.33 Å². The molecule has 2 aromatic heterocycles. The Hall–Kier alpha value is -3.35. The van der Waals surface area contributed by atoms with Crippen LogP contribution in [0.15, 0.2) is 43.0 Å². The molecule has 0 spiro atoms. The number of imidazole rings is 1. The highest BCUT2D eigenvalue weighted by Crippen LogP contribution is 2.35. The Bertz CT molecular complexity index is 1030. The van der Waals surface area contributed by atoms with Gasteiger partial charge in [0, 0.05) is 11.5 Å². The van der Waals surface area contributed by atoms with Crippen molar-refractivity contribution in [1.82, 2.24) is 19.9 Å². The van der Waals surface area contributed by atoms with Gasteiger partial charge in [-0.1, -0.05) is 6.07 Å². The van der Waals surface area contributed by atoms with E-state index in [4.69, 9.17) is 9.47 Å². The third kappa shape index (κ3) is 2.26. The first kappa shape index (κ1) is 14.3. The minimum Gasteiger partial charge on any atom is -0.493 e. The van der Waals surface area contributed by atoms with Gasteiger partial charge in [0.15, 0.2) is 11.5 Å². The van der Waals surface area contributed by atoms with Crippen molar-refractivity contribution in [3.63, 3.8) is 0 Å². The summed E-state index contributed by atoms with van der Waals surface area (Å²) in [6, 6.07) is 9.57. The fraction of sp³-hybridized carbons (Fsp3) is 0.118. The van der Waals surface area contributed by atoms with Crippen molar-refractivity contribution < 1.29 is 9.47 Å². The molecule has 0 fully saturated rings. The van der Waals surface area contributed by atoms with Gasteiger partial charge in [-0.2, -0.15) is 0 Å². The fourth-order valence-corrected chi connectivity index (χ4v) is 2.68. The van der Waals surface area contributed by atoms with Crippen LogP contribution in [0.4, 0.5) is 11.5 Å². The number of aromatic nitrogens is 4. The number of anilines is 2. The molecule has 0 unspecified atom stereocenters. The van der Waals surface area contributed by atoms with Crippen LogP contribution in [0.25, 0.3) is 21.9 Å². The second-order valence-electron chi connectivity index (χ2n) is 5.18. The Morgan fingerprint density at radius 1 is 1.00 bits per heavy atom. The van der Waals surface area contributed by atoms with Gasteiger partial charge >= 0.3 is 0 Å². The Balaban J connectivity index is 1.86. The number of aromatic amines is 1. The molecule has 0 atom stereocenters. The highest BCUT2D eigenvalue weighted by molar-refractivity contribution is 5.96. The van der Waals surface area contributed by atoms with Crippen LogP contribution in [-0.4, -0.2) is 34.2 Å². The molecule has 0 aliphatic carbocycles. The second kappa shape index (κ2) is 5.69. The second-order valence-corrected chi connectivity index (χ2v) is 5.18. The van der Waals surface area contributed by atoms with E-state index in [0.29, 0.717) is 17.3 Å². The molecule has 0 aliphatic heterocycles. The van der Waals surface area contributed by atoms with Crippen LogP contribution in [0, 0.1) is 0 Å². The number of para-hydroxylation sites is 1. The number of ether oxygens (including phenoxy) is 2. The molecule has 0 radical (unpaired) electrons. The number of hydrogen-bond donors (Lipinski definition) is 2. The van der Waals surface area contributed by atoms with Crippen LogP contribution in [0.2, 0.25) is 0 Å². The predicted octanol–water partition coefficient (Wildman–Crippen LogP) is 3.27. The topological polar surface area (TPSA) is 85.0 Å². The molecule has 4 aromatic rings. The van der Waals surface area contributed by atoms with Gasteiger partial charge in [0.25, 0.3) is 0 Å². The Kier molecular flexibility index (Phi) is 3.38. The minimum absolute atomic E-state index is 0.626. The summed E-state index contributed by atoms with van der Waals surface area (Å²) < 4.78 is 10.7. The van der Waals surface area contributed by atoms with Crippen molar-refractivity contribution in [3.8, 4) is 11.5 Å². The highest BCUT2D eigenvalue weighted by Gasteiger charge is 2.12. The van der Waals surface area contributed by atoms with Crippen molar-refractivity contribution in [2.45, 2.75) is 0 Å². The van der Waals surface area contributed by atoms with Crippen LogP contribution < -0.4 is 14.8 Å². The number of nitrogens with one attached hydrogen (secondary N) is 2. The average molecular weight is 321 g/mol. The molecule has 24 heavy (non-hydrogen) atoms. The molecule has 4 rings (SSSR count). The van der Waals surface area contributed by atoms with Crippen molar-refractivity contribution in [3.05, 3.63) is 43.0 Å². The largest absolute Gasteiger partial charge is 0.493 e. The summed E-state index contributed by atoms with van der Waals surface area (Å²) in [6.07, 6.45) is 3.18. The number of nitrogens with zero attached hydrogens (tertiary/aromatic N) is 3. The summed E-state index contributed by atoms with van der Waals surface area (Å²) in [4.78, 5) is 16.1. The first-order valence-electron chi connectivity index (χ1n) is 7.36. The van der Waals surface area contributed by atoms with Crippen LogP contribution in [0.5, 0.6) is 11.5 Å². The zero-order valence-electron chi connectivity index (χ0n) is 13.2. The molecule has 2 N–H and O–H groups in total. The molecule has 0 saturated heterocycles. The molecular formula is C17H15N5O2. The van der Waals surface area contributed by atoms with Crippen LogP contribution in [0.3, 0.4) is 0 Å². The van der Waals surface area contributed by atoms with Crippen LogP contribution in [0.1, 0.15) is 0 Å². The van der Waals surface area contributed by atoms with Gasteiger partial charge in [-0.15, -0.1) is 0 Å². The maximum Gasteiger partial charge on any atom is 0.162 e. The highest BCUT2D eigenvalue weighted by atomic mass is 16.5. The number of hydrogen-bond acceptors (Lipinski definition) is 6. The lowest BCUT2D eigenvalue weighted by Crippen LogP contribution is -1.98. The quantitative estimate of drug-likeness (QED) is 0.600. The molecule has 0 bridgehead atoms. The van der Waals surface area contributed by atoms with Crippen molar-refractivity contribution in [1.29, 1.82) is 0 Å². The first-order valence-corrected chi connectivity index (χ1v) is 7.36. The Morgan fingerprint density at radius 3 is 2.67 bits per heavy atom. The third-order valence-corrected chi connectivity index (χ3v) is 3.84. The smallest absolute Gasteiger partial charge is 0.162 e. The van der Waals surface area contributed by atoms with Gasteiger partial charge in [0.2, 0.25) is 0 Å². The lowest BCUT2D eigenvalue weighted by atomic mass is 10.2. The number of H-pyrrole nitrogens is 1. The minimum atomic E-state index is 0.626. The molecule has 0 amide bonds. The van der Waals surface area contributed by atoms with Gasteiger partial charge in [-0.05, 0) is 18.2 Å². The summed E-state index contributed by atoms with van der Waals surface area (Å²) in [5, 5.41) is 4.17. The lowest BCUT2D eigenvalue weighted by Gasteiger charge is -2.12. The van der Waals surface area contributed by atoms with E-state index in [0.717, 1.165) is 27.6 Å². The Morgan fingerprint density at radius 2 is 1.83 bits per heavy atom. The monoisotopic (exact) mass is 321 g/mol. The molecule has 7 heteroatoms. The standard InChI is InChI=1S/C17H15N5O2/c1-23-14-6-10-13(7-15(14)24-2)19-9-21-17(10)22-12-5-3-4-11-16(12)20-8-18-11/h3-9H,1-2H3,(H,18,20)(H,19,21,22). The summed E-state index contributed by atoms with van der Waals surface area (Å²) in [5.74, 6) is 1.93. The number of rotatable bonds is 4. The normalized spacial score (nSPS) is 10.9. The Labute approximate surface area is 137 Å². The predicted molar refractivity (Wildman–Crippen MR) is 92.0 cm³/mol. The van der Waals surface area contributed by atoms with E-state index in [-0.39, 0.29) is 0 Å². The zero-order chi connectivity index (χ0) is 16.5. The first-order chi connectivity index (χ1) is 11.8.